The maximum absolute atomic E-state index is 11.2. The second-order valence-corrected chi connectivity index (χ2v) is 4.49. The highest BCUT2D eigenvalue weighted by atomic mass is 16.1. The van der Waals surface area contributed by atoms with Crippen LogP contribution < -0.4 is 0 Å². The number of hydrogen-bond acceptors (Lipinski definition) is 2. The Balaban J connectivity index is 2.61. The summed E-state index contributed by atoms with van der Waals surface area (Å²) in [6.45, 7) is 2.12. The van der Waals surface area contributed by atoms with Crippen LogP contribution in [0, 0.1) is 0 Å². The van der Waals surface area contributed by atoms with Gasteiger partial charge in [0.25, 0.3) is 0 Å². The lowest BCUT2D eigenvalue weighted by atomic mass is 9.93. The molecule has 0 radical (unpaired) electrons. The first-order chi connectivity index (χ1) is 9.30. The van der Waals surface area contributed by atoms with Gasteiger partial charge in [0.1, 0.15) is 0 Å². The Hall–Kier alpha value is -2.22. The molecule has 0 aliphatic heterocycles. The van der Waals surface area contributed by atoms with Crippen molar-refractivity contribution in [1.82, 2.24) is 0 Å². The van der Waals surface area contributed by atoms with E-state index in [1.165, 1.54) is 5.56 Å². The van der Waals surface area contributed by atoms with Crippen LogP contribution in [0.15, 0.2) is 42.5 Å². The van der Waals surface area contributed by atoms with Gasteiger partial charge in [0, 0.05) is 11.1 Å². The first-order valence-corrected chi connectivity index (χ1v) is 6.42. The van der Waals surface area contributed by atoms with Gasteiger partial charge in [-0.15, -0.1) is 0 Å². The van der Waals surface area contributed by atoms with E-state index < -0.39 is 0 Å². The standard InChI is InChI=1S/C17H16O2/c1-2-5-13-8-9-15(12-19)17(10-13)16-7-4-3-6-14(16)11-18/h3-4,6-12H,2,5H2,1H3. The van der Waals surface area contributed by atoms with Crippen molar-refractivity contribution in [3.8, 4) is 11.1 Å². The summed E-state index contributed by atoms with van der Waals surface area (Å²) in [5, 5.41) is 0. The number of rotatable bonds is 5. The van der Waals surface area contributed by atoms with Crippen LogP contribution in [-0.2, 0) is 6.42 Å². The van der Waals surface area contributed by atoms with E-state index in [9.17, 15) is 9.59 Å². The molecular formula is C17H16O2. The van der Waals surface area contributed by atoms with Gasteiger partial charge in [0.15, 0.2) is 12.6 Å². The Morgan fingerprint density at radius 1 is 0.895 bits per heavy atom. The largest absolute Gasteiger partial charge is 0.298 e. The van der Waals surface area contributed by atoms with E-state index in [0.29, 0.717) is 11.1 Å². The fourth-order valence-electron chi connectivity index (χ4n) is 2.23. The molecule has 0 bridgehead atoms. The van der Waals surface area contributed by atoms with Gasteiger partial charge >= 0.3 is 0 Å². The van der Waals surface area contributed by atoms with Gasteiger partial charge in [-0.05, 0) is 23.1 Å². The predicted molar refractivity (Wildman–Crippen MR) is 76.6 cm³/mol. The van der Waals surface area contributed by atoms with Crippen LogP contribution in [0.1, 0.15) is 39.6 Å². The summed E-state index contributed by atoms with van der Waals surface area (Å²) < 4.78 is 0. The molecule has 19 heavy (non-hydrogen) atoms. The molecule has 0 unspecified atom stereocenters. The minimum atomic E-state index is 0.610. The highest BCUT2D eigenvalue weighted by Gasteiger charge is 2.09. The lowest BCUT2D eigenvalue weighted by Crippen LogP contribution is -1.94. The second-order valence-electron chi connectivity index (χ2n) is 4.49. The zero-order valence-electron chi connectivity index (χ0n) is 10.9. The molecule has 0 spiro atoms. The Bertz CT molecular complexity index is 600. The molecule has 2 nitrogen and oxygen atoms in total. The van der Waals surface area contributed by atoms with E-state index in [-0.39, 0.29) is 0 Å². The molecule has 0 N–H and O–H groups in total. The molecule has 2 heteroatoms. The third-order valence-corrected chi connectivity index (χ3v) is 3.16. The quantitative estimate of drug-likeness (QED) is 0.755. The summed E-state index contributed by atoms with van der Waals surface area (Å²) in [6, 6.07) is 13.2. The van der Waals surface area contributed by atoms with Crippen molar-refractivity contribution in [3.63, 3.8) is 0 Å². The summed E-state index contributed by atoms with van der Waals surface area (Å²) in [5.74, 6) is 0. The molecule has 2 aromatic rings. The Labute approximate surface area is 113 Å². The molecule has 0 saturated heterocycles. The van der Waals surface area contributed by atoms with Crippen LogP contribution in [0.25, 0.3) is 11.1 Å². The minimum Gasteiger partial charge on any atom is -0.298 e. The van der Waals surface area contributed by atoms with Crippen molar-refractivity contribution in [2.24, 2.45) is 0 Å². The fourth-order valence-corrected chi connectivity index (χ4v) is 2.23. The van der Waals surface area contributed by atoms with Crippen molar-refractivity contribution >= 4 is 12.6 Å². The molecule has 2 aromatic carbocycles. The number of aldehydes is 2. The SMILES string of the molecule is CCCc1ccc(C=O)c(-c2ccccc2C=O)c1. The lowest BCUT2D eigenvalue weighted by molar-refractivity contribution is 0.111. The third-order valence-electron chi connectivity index (χ3n) is 3.16. The monoisotopic (exact) mass is 252 g/mol. The van der Waals surface area contributed by atoms with Gasteiger partial charge in [-0.3, -0.25) is 9.59 Å². The minimum absolute atomic E-state index is 0.610. The van der Waals surface area contributed by atoms with Crippen LogP contribution >= 0.6 is 0 Å². The normalized spacial score (nSPS) is 10.2. The van der Waals surface area contributed by atoms with E-state index >= 15 is 0 Å². The molecule has 96 valence electrons. The van der Waals surface area contributed by atoms with Crippen molar-refractivity contribution in [3.05, 3.63) is 59.2 Å². The molecule has 0 aliphatic rings. The Morgan fingerprint density at radius 3 is 2.26 bits per heavy atom. The van der Waals surface area contributed by atoms with Crippen molar-refractivity contribution < 1.29 is 9.59 Å². The van der Waals surface area contributed by atoms with E-state index in [0.717, 1.165) is 36.5 Å². The number of hydrogen-bond donors (Lipinski definition) is 0. The summed E-state index contributed by atoms with van der Waals surface area (Å²) in [7, 11) is 0. The average Bonchev–Trinajstić information content (AvgIpc) is 2.47. The molecule has 0 heterocycles. The van der Waals surface area contributed by atoms with E-state index in [1.54, 1.807) is 6.07 Å². The average molecular weight is 252 g/mol. The first kappa shape index (κ1) is 13.2. The van der Waals surface area contributed by atoms with E-state index in [1.807, 2.05) is 36.4 Å². The Morgan fingerprint density at radius 2 is 1.58 bits per heavy atom. The fraction of sp³-hybridized carbons (Fsp3) is 0.176. The van der Waals surface area contributed by atoms with E-state index in [2.05, 4.69) is 6.92 Å². The lowest BCUT2D eigenvalue weighted by Gasteiger charge is -2.10. The molecule has 0 saturated carbocycles. The second kappa shape index (κ2) is 6.10. The first-order valence-electron chi connectivity index (χ1n) is 6.42. The number of carbonyl (C=O) groups is 2. The van der Waals surface area contributed by atoms with Crippen LogP contribution in [-0.4, -0.2) is 12.6 Å². The third kappa shape index (κ3) is 2.79. The zero-order chi connectivity index (χ0) is 13.7. The van der Waals surface area contributed by atoms with Gasteiger partial charge in [0.05, 0.1) is 0 Å². The molecular weight excluding hydrogens is 236 g/mol. The van der Waals surface area contributed by atoms with Gasteiger partial charge < -0.3 is 0 Å². The summed E-state index contributed by atoms with van der Waals surface area (Å²) >= 11 is 0. The predicted octanol–water partition coefficient (Wildman–Crippen LogP) is 3.93. The van der Waals surface area contributed by atoms with Gasteiger partial charge in [-0.25, -0.2) is 0 Å². The number of aryl methyl sites for hydroxylation is 1. The van der Waals surface area contributed by atoms with Crippen molar-refractivity contribution in [1.29, 1.82) is 0 Å². The Kier molecular flexibility index (Phi) is 4.24. The highest BCUT2D eigenvalue weighted by molar-refractivity contribution is 5.94. The topological polar surface area (TPSA) is 34.1 Å². The van der Waals surface area contributed by atoms with Crippen LogP contribution in [0.5, 0.6) is 0 Å². The van der Waals surface area contributed by atoms with Gasteiger partial charge in [-0.1, -0.05) is 55.8 Å². The molecule has 0 aliphatic carbocycles. The maximum Gasteiger partial charge on any atom is 0.150 e. The zero-order valence-corrected chi connectivity index (χ0v) is 10.9. The summed E-state index contributed by atoms with van der Waals surface area (Å²) in [6.07, 6.45) is 3.69. The summed E-state index contributed by atoms with van der Waals surface area (Å²) in [4.78, 5) is 22.3. The molecule has 2 rings (SSSR count). The van der Waals surface area contributed by atoms with Crippen LogP contribution in [0.4, 0.5) is 0 Å². The number of benzene rings is 2. The highest BCUT2D eigenvalue weighted by Crippen LogP contribution is 2.27. The molecule has 0 atom stereocenters. The van der Waals surface area contributed by atoms with Crippen molar-refractivity contribution in [2.45, 2.75) is 19.8 Å². The molecule has 0 amide bonds. The smallest absolute Gasteiger partial charge is 0.150 e. The van der Waals surface area contributed by atoms with Gasteiger partial charge in [-0.2, -0.15) is 0 Å². The molecule has 0 fully saturated rings. The van der Waals surface area contributed by atoms with Crippen LogP contribution in [0.3, 0.4) is 0 Å². The van der Waals surface area contributed by atoms with Gasteiger partial charge in [0.2, 0.25) is 0 Å². The maximum atomic E-state index is 11.2. The van der Waals surface area contributed by atoms with E-state index in [4.69, 9.17) is 0 Å². The van der Waals surface area contributed by atoms with Crippen LogP contribution in [0.2, 0.25) is 0 Å². The van der Waals surface area contributed by atoms with Crippen molar-refractivity contribution in [2.75, 3.05) is 0 Å². The molecule has 0 aromatic heterocycles. The summed E-state index contributed by atoms with van der Waals surface area (Å²) in [5.41, 5.74) is 4.07. The number of carbonyl (C=O) groups excluding carboxylic acids is 2.